The van der Waals surface area contributed by atoms with Gasteiger partial charge in [0, 0.05) is 12.2 Å². The van der Waals surface area contributed by atoms with E-state index < -0.39 is 5.97 Å². The van der Waals surface area contributed by atoms with Crippen molar-refractivity contribution in [3.63, 3.8) is 0 Å². The lowest BCUT2D eigenvalue weighted by atomic mass is 10.00. The average molecular weight is 321 g/mol. The van der Waals surface area contributed by atoms with Gasteiger partial charge in [0.1, 0.15) is 5.76 Å². The second kappa shape index (κ2) is 7.82. The summed E-state index contributed by atoms with van der Waals surface area (Å²) in [5.41, 5.74) is 1.01. The SMILES string of the molecule is CCOC(=O)C1=C(CN[C@@H](C)c2ccco2)NC(=O)N[C@H]1CC. The monoisotopic (exact) mass is 321 g/mol. The molecule has 0 spiro atoms. The summed E-state index contributed by atoms with van der Waals surface area (Å²) in [6, 6.07) is 2.98. The lowest BCUT2D eigenvalue weighted by molar-refractivity contribution is -0.139. The van der Waals surface area contributed by atoms with Crippen LogP contribution in [0.1, 0.15) is 39.0 Å². The molecule has 0 bridgehead atoms. The van der Waals surface area contributed by atoms with Crippen molar-refractivity contribution in [1.82, 2.24) is 16.0 Å². The Labute approximate surface area is 135 Å². The lowest BCUT2D eigenvalue weighted by Gasteiger charge is -2.29. The Kier molecular flexibility index (Phi) is 5.81. The number of furan rings is 1. The van der Waals surface area contributed by atoms with Crippen LogP contribution in [0.4, 0.5) is 4.79 Å². The van der Waals surface area contributed by atoms with Crippen molar-refractivity contribution in [3.8, 4) is 0 Å². The van der Waals surface area contributed by atoms with Gasteiger partial charge >= 0.3 is 12.0 Å². The van der Waals surface area contributed by atoms with E-state index in [4.69, 9.17) is 9.15 Å². The molecule has 0 saturated heterocycles. The zero-order valence-electron chi connectivity index (χ0n) is 13.6. The highest BCUT2D eigenvalue weighted by atomic mass is 16.5. The van der Waals surface area contributed by atoms with E-state index >= 15 is 0 Å². The number of urea groups is 1. The molecule has 7 nitrogen and oxygen atoms in total. The molecule has 3 N–H and O–H groups in total. The van der Waals surface area contributed by atoms with Gasteiger partial charge in [0.15, 0.2) is 0 Å². The zero-order chi connectivity index (χ0) is 16.8. The number of ether oxygens (including phenoxy) is 1. The number of hydrogen-bond donors (Lipinski definition) is 3. The van der Waals surface area contributed by atoms with Gasteiger partial charge < -0.3 is 25.1 Å². The van der Waals surface area contributed by atoms with Crippen molar-refractivity contribution in [3.05, 3.63) is 35.4 Å². The molecule has 1 aromatic rings. The van der Waals surface area contributed by atoms with Gasteiger partial charge in [-0.1, -0.05) is 6.92 Å². The quantitative estimate of drug-likeness (QED) is 0.666. The summed E-state index contributed by atoms with van der Waals surface area (Å²) in [6.07, 6.45) is 2.22. The second-order valence-corrected chi connectivity index (χ2v) is 5.29. The van der Waals surface area contributed by atoms with Gasteiger partial charge in [0.25, 0.3) is 0 Å². The Hall–Kier alpha value is -2.28. The average Bonchev–Trinajstić information content (AvgIpc) is 3.06. The Morgan fingerprint density at radius 1 is 1.48 bits per heavy atom. The summed E-state index contributed by atoms with van der Waals surface area (Å²) in [6.45, 7) is 6.23. The van der Waals surface area contributed by atoms with E-state index in [1.165, 1.54) is 0 Å². The fourth-order valence-corrected chi connectivity index (χ4v) is 2.49. The number of nitrogens with one attached hydrogen (secondary N) is 3. The molecule has 2 heterocycles. The van der Waals surface area contributed by atoms with Crippen LogP contribution in [0.15, 0.2) is 34.1 Å². The number of amides is 2. The molecule has 23 heavy (non-hydrogen) atoms. The fourth-order valence-electron chi connectivity index (χ4n) is 2.49. The maximum atomic E-state index is 12.2. The Bertz CT molecular complexity index is 580. The molecular formula is C16H23N3O4. The van der Waals surface area contributed by atoms with Crippen molar-refractivity contribution in [2.24, 2.45) is 0 Å². The summed E-state index contributed by atoms with van der Waals surface area (Å²) in [5, 5.41) is 8.70. The van der Waals surface area contributed by atoms with Crippen LogP contribution in [-0.4, -0.2) is 31.2 Å². The zero-order valence-corrected chi connectivity index (χ0v) is 13.6. The van der Waals surface area contributed by atoms with Crippen molar-refractivity contribution in [2.45, 2.75) is 39.3 Å². The smallest absolute Gasteiger partial charge is 0.337 e. The molecule has 0 radical (unpaired) electrons. The van der Waals surface area contributed by atoms with Gasteiger partial charge in [-0.3, -0.25) is 0 Å². The van der Waals surface area contributed by atoms with Crippen molar-refractivity contribution < 1.29 is 18.7 Å². The first-order chi connectivity index (χ1) is 11.1. The number of rotatable bonds is 7. The van der Waals surface area contributed by atoms with Crippen LogP contribution >= 0.6 is 0 Å². The highest BCUT2D eigenvalue weighted by molar-refractivity contribution is 5.94. The molecule has 0 aliphatic carbocycles. The van der Waals surface area contributed by atoms with Gasteiger partial charge in [0.2, 0.25) is 0 Å². The highest BCUT2D eigenvalue weighted by Crippen LogP contribution is 2.18. The van der Waals surface area contributed by atoms with Crippen LogP contribution in [0.25, 0.3) is 0 Å². The van der Waals surface area contributed by atoms with E-state index in [0.717, 1.165) is 5.76 Å². The molecule has 1 aliphatic rings. The van der Waals surface area contributed by atoms with Crippen molar-refractivity contribution in [2.75, 3.05) is 13.2 Å². The van der Waals surface area contributed by atoms with E-state index in [1.54, 1.807) is 13.2 Å². The molecule has 0 aromatic carbocycles. The van der Waals surface area contributed by atoms with Crippen molar-refractivity contribution >= 4 is 12.0 Å². The standard InChI is InChI=1S/C16H23N3O4/c1-4-11-14(15(20)22-5-2)12(19-16(21)18-11)9-17-10(3)13-7-6-8-23-13/h6-8,10-11,17H,4-5,9H2,1-3H3,(H2,18,19,21)/t10-,11-/m0/s1. The molecule has 7 heteroatoms. The van der Waals surface area contributed by atoms with Crippen LogP contribution in [0, 0.1) is 0 Å². The first-order valence-electron chi connectivity index (χ1n) is 7.81. The van der Waals surface area contributed by atoms with E-state index in [9.17, 15) is 9.59 Å². The second-order valence-electron chi connectivity index (χ2n) is 5.29. The third-order valence-electron chi connectivity index (χ3n) is 3.70. The predicted molar refractivity (Wildman–Crippen MR) is 84.5 cm³/mol. The van der Waals surface area contributed by atoms with Gasteiger partial charge in [-0.2, -0.15) is 0 Å². The largest absolute Gasteiger partial charge is 0.468 e. The van der Waals surface area contributed by atoms with Gasteiger partial charge in [0.05, 0.1) is 30.5 Å². The van der Waals surface area contributed by atoms with Gasteiger partial charge in [-0.05, 0) is 32.4 Å². The number of carbonyl (C=O) groups is 2. The summed E-state index contributed by atoms with van der Waals surface area (Å²) >= 11 is 0. The fraction of sp³-hybridized carbons (Fsp3) is 0.500. The summed E-state index contributed by atoms with van der Waals surface area (Å²) in [4.78, 5) is 24.0. The molecule has 1 aromatic heterocycles. The molecular weight excluding hydrogens is 298 g/mol. The summed E-state index contributed by atoms with van der Waals surface area (Å²) < 4.78 is 10.5. The summed E-state index contributed by atoms with van der Waals surface area (Å²) in [7, 11) is 0. The van der Waals surface area contributed by atoms with Crippen LogP contribution in [0.2, 0.25) is 0 Å². The Balaban J connectivity index is 2.17. The third-order valence-corrected chi connectivity index (χ3v) is 3.70. The third kappa shape index (κ3) is 4.13. The van der Waals surface area contributed by atoms with Crippen LogP contribution < -0.4 is 16.0 Å². The lowest BCUT2D eigenvalue weighted by Crippen LogP contribution is -2.51. The van der Waals surface area contributed by atoms with E-state index in [1.807, 2.05) is 26.0 Å². The molecule has 0 fully saturated rings. The number of hydrogen-bond acceptors (Lipinski definition) is 5. The van der Waals surface area contributed by atoms with Crippen molar-refractivity contribution in [1.29, 1.82) is 0 Å². The molecule has 1 aliphatic heterocycles. The molecule has 0 saturated carbocycles. The number of esters is 1. The topological polar surface area (TPSA) is 92.6 Å². The predicted octanol–water partition coefficient (Wildman–Crippen LogP) is 1.84. The minimum absolute atomic E-state index is 0.0483. The normalized spacial score (nSPS) is 19.1. The Morgan fingerprint density at radius 3 is 2.87 bits per heavy atom. The first-order valence-corrected chi connectivity index (χ1v) is 7.81. The maximum Gasteiger partial charge on any atom is 0.337 e. The molecule has 2 amide bonds. The maximum absolute atomic E-state index is 12.2. The molecule has 126 valence electrons. The first kappa shape index (κ1) is 17.1. The van der Waals surface area contributed by atoms with E-state index in [0.29, 0.717) is 24.2 Å². The van der Waals surface area contributed by atoms with Crippen LogP contribution in [-0.2, 0) is 9.53 Å². The molecule has 0 unspecified atom stereocenters. The van der Waals surface area contributed by atoms with Gasteiger partial charge in [-0.25, -0.2) is 9.59 Å². The number of carbonyl (C=O) groups excluding carboxylic acids is 2. The molecule has 2 atom stereocenters. The minimum atomic E-state index is -0.408. The minimum Gasteiger partial charge on any atom is -0.468 e. The Morgan fingerprint density at radius 2 is 2.26 bits per heavy atom. The molecule has 2 rings (SSSR count). The summed E-state index contributed by atoms with van der Waals surface area (Å²) in [5.74, 6) is 0.380. The highest BCUT2D eigenvalue weighted by Gasteiger charge is 2.31. The van der Waals surface area contributed by atoms with Crippen LogP contribution in [0.3, 0.4) is 0 Å². The van der Waals surface area contributed by atoms with Crippen LogP contribution in [0.5, 0.6) is 0 Å². The van der Waals surface area contributed by atoms with E-state index in [2.05, 4.69) is 16.0 Å². The van der Waals surface area contributed by atoms with E-state index in [-0.39, 0.29) is 24.7 Å². The van der Waals surface area contributed by atoms with Gasteiger partial charge in [-0.15, -0.1) is 0 Å².